The maximum Gasteiger partial charge on any atom is 0.0433 e. The third-order valence-electron chi connectivity index (χ3n) is 3.29. The van der Waals surface area contributed by atoms with Crippen molar-refractivity contribution in [1.82, 2.24) is 5.32 Å². The highest BCUT2D eigenvalue weighted by Gasteiger charge is 2.36. The van der Waals surface area contributed by atoms with E-state index in [9.17, 15) is 0 Å². The van der Waals surface area contributed by atoms with Gasteiger partial charge in [0.05, 0.1) is 0 Å². The Morgan fingerprint density at radius 1 is 1.18 bits per heavy atom. The van der Waals surface area contributed by atoms with Gasteiger partial charge in [-0.05, 0) is 50.1 Å². The van der Waals surface area contributed by atoms with Crippen molar-refractivity contribution in [2.75, 3.05) is 19.7 Å². The topological polar surface area (TPSA) is 32.3 Å². The van der Waals surface area contributed by atoms with Crippen LogP contribution in [0, 0.1) is 17.8 Å². The predicted octanol–water partition coefficient (Wildman–Crippen LogP) is 0.614. The van der Waals surface area contributed by atoms with Crippen LogP contribution in [0.25, 0.3) is 0 Å². The van der Waals surface area contributed by atoms with E-state index >= 15 is 0 Å². The van der Waals surface area contributed by atoms with Crippen LogP contribution in [0.2, 0.25) is 0 Å². The molecule has 2 nitrogen and oxygen atoms in total. The lowest BCUT2D eigenvalue weighted by Gasteiger charge is -2.07. The van der Waals surface area contributed by atoms with Crippen molar-refractivity contribution in [3.63, 3.8) is 0 Å². The lowest BCUT2D eigenvalue weighted by Crippen LogP contribution is -2.12. The first kappa shape index (κ1) is 7.56. The molecule has 1 unspecified atom stereocenters. The summed E-state index contributed by atoms with van der Waals surface area (Å²) in [7, 11) is 0. The van der Waals surface area contributed by atoms with Gasteiger partial charge in [-0.3, -0.25) is 0 Å². The van der Waals surface area contributed by atoms with E-state index in [0.29, 0.717) is 6.61 Å². The Hall–Kier alpha value is -0.0800. The Morgan fingerprint density at radius 3 is 2.36 bits per heavy atom. The second-order valence-corrected chi connectivity index (χ2v) is 4.03. The number of nitrogens with one attached hydrogen (secondary N) is 1. The number of rotatable bonds is 2. The zero-order chi connectivity index (χ0) is 7.68. The Labute approximate surface area is 68.0 Å². The van der Waals surface area contributed by atoms with Crippen LogP contribution in [-0.2, 0) is 0 Å². The summed E-state index contributed by atoms with van der Waals surface area (Å²) in [5, 5.41) is 12.2. The fraction of sp³-hybridized carbons (Fsp3) is 1.00. The van der Waals surface area contributed by atoms with Gasteiger partial charge < -0.3 is 10.4 Å². The molecule has 0 aromatic rings. The van der Waals surface area contributed by atoms with Gasteiger partial charge in [-0.25, -0.2) is 0 Å². The maximum absolute atomic E-state index is 8.77. The van der Waals surface area contributed by atoms with Crippen LogP contribution < -0.4 is 5.32 Å². The predicted molar refractivity (Wildman–Crippen MR) is 44.3 cm³/mol. The van der Waals surface area contributed by atoms with Crippen molar-refractivity contribution in [1.29, 1.82) is 0 Å². The smallest absolute Gasteiger partial charge is 0.0433 e. The van der Waals surface area contributed by atoms with Gasteiger partial charge in [-0.2, -0.15) is 0 Å². The zero-order valence-corrected chi connectivity index (χ0v) is 6.92. The van der Waals surface area contributed by atoms with Crippen molar-refractivity contribution in [3.8, 4) is 0 Å². The van der Waals surface area contributed by atoms with E-state index < -0.39 is 0 Å². The molecule has 0 radical (unpaired) electrons. The summed E-state index contributed by atoms with van der Waals surface area (Å²) in [6.07, 6.45) is 3.75. The lowest BCUT2D eigenvalue weighted by molar-refractivity contribution is 0.254. The van der Waals surface area contributed by atoms with Crippen LogP contribution in [0.15, 0.2) is 0 Å². The molecular formula is C9H17NO. The molecular weight excluding hydrogens is 138 g/mol. The van der Waals surface area contributed by atoms with Crippen LogP contribution in [0.3, 0.4) is 0 Å². The lowest BCUT2D eigenvalue weighted by atomic mass is 10.0. The molecule has 64 valence electrons. The van der Waals surface area contributed by atoms with Crippen molar-refractivity contribution < 1.29 is 5.11 Å². The number of fused-ring (bicyclic) bond motifs is 1. The molecule has 2 fully saturated rings. The third kappa shape index (κ3) is 1.42. The normalized spacial score (nSPS) is 42.8. The second kappa shape index (κ2) is 3.11. The van der Waals surface area contributed by atoms with E-state index in [2.05, 4.69) is 5.32 Å². The molecule has 1 heterocycles. The van der Waals surface area contributed by atoms with Crippen LogP contribution in [-0.4, -0.2) is 24.8 Å². The summed E-state index contributed by atoms with van der Waals surface area (Å²) < 4.78 is 0. The van der Waals surface area contributed by atoms with E-state index in [0.717, 1.165) is 24.2 Å². The fourth-order valence-corrected chi connectivity index (χ4v) is 2.71. The Kier molecular flexibility index (Phi) is 2.14. The van der Waals surface area contributed by atoms with Crippen LogP contribution >= 0.6 is 0 Å². The minimum absolute atomic E-state index is 0.386. The Morgan fingerprint density at radius 2 is 1.82 bits per heavy atom. The summed E-state index contributed by atoms with van der Waals surface area (Å²) in [5.41, 5.74) is 0. The zero-order valence-electron chi connectivity index (χ0n) is 6.92. The first-order chi connectivity index (χ1) is 5.40. The first-order valence-electron chi connectivity index (χ1n) is 4.71. The monoisotopic (exact) mass is 155 g/mol. The van der Waals surface area contributed by atoms with Gasteiger partial charge in [0.2, 0.25) is 0 Å². The molecule has 0 aromatic heterocycles. The van der Waals surface area contributed by atoms with Crippen molar-refractivity contribution in [2.24, 2.45) is 17.8 Å². The first-order valence-corrected chi connectivity index (χ1v) is 4.71. The van der Waals surface area contributed by atoms with Gasteiger partial charge in [-0.15, -0.1) is 0 Å². The highest BCUT2D eigenvalue weighted by atomic mass is 16.3. The summed E-state index contributed by atoms with van der Waals surface area (Å²) in [4.78, 5) is 0. The van der Waals surface area contributed by atoms with Crippen molar-refractivity contribution in [2.45, 2.75) is 19.3 Å². The molecule has 11 heavy (non-hydrogen) atoms. The number of hydrogen-bond donors (Lipinski definition) is 2. The molecule has 0 spiro atoms. The van der Waals surface area contributed by atoms with Gasteiger partial charge in [0.25, 0.3) is 0 Å². The fourth-order valence-electron chi connectivity index (χ4n) is 2.71. The molecule has 2 N–H and O–H groups in total. The van der Waals surface area contributed by atoms with Gasteiger partial charge in [0.15, 0.2) is 0 Å². The van der Waals surface area contributed by atoms with Crippen molar-refractivity contribution in [3.05, 3.63) is 0 Å². The standard InChI is InChI=1S/C9H17NO/c11-2-1-7-3-8-5-10-6-9(8)4-7/h7-11H,1-6H2/t7?,8-,9+. The van der Waals surface area contributed by atoms with Crippen molar-refractivity contribution >= 4 is 0 Å². The summed E-state index contributed by atoms with van der Waals surface area (Å²) in [5.74, 6) is 2.70. The van der Waals surface area contributed by atoms with E-state index in [-0.39, 0.29) is 0 Å². The second-order valence-electron chi connectivity index (χ2n) is 4.03. The van der Waals surface area contributed by atoms with E-state index in [1.807, 2.05) is 0 Å². The number of aliphatic hydroxyl groups is 1. The average Bonchev–Trinajstić information content (AvgIpc) is 2.46. The minimum Gasteiger partial charge on any atom is -0.396 e. The molecule has 1 aliphatic heterocycles. The third-order valence-corrected chi connectivity index (χ3v) is 3.29. The molecule has 1 saturated carbocycles. The maximum atomic E-state index is 8.77. The Balaban J connectivity index is 1.84. The highest BCUT2D eigenvalue weighted by molar-refractivity contribution is 4.90. The van der Waals surface area contributed by atoms with E-state index in [1.165, 1.54) is 25.9 Å². The molecule has 3 atom stereocenters. The molecule has 1 saturated heterocycles. The minimum atomic E-state index is 0.386. The van der Waals surface area contributed by atoms with Gasteiger partial charge in [0.1, 0.15) is 0 Å². The summed E-state index contributed by atoms with van der Waals surface area (Å²) in [6, 6.07) is 0. The molecule has 2 rings (SSSR count). The van der Waals surface area contributed by atoms with Crippen LogP contribution in [0.5, 0.6) is 0 Å². The Bertz CT molecular complexity index is 126. The van der Waals surface area contributed by atoms with Crippen LogP contribution in [0.1, 0.15) is 19.3 Å². The quantitative estimate of drug-likeness (QED) is 0.612. The molecule has 0 amide bonds. The molecule has 1 aliphatic carbocycles. The van der Waals surface area contributed by atoms with Crippen LogP contribution in [0.4, 0.5) is 0 Å². The highest BCUT2D eigenvalue weighted by Crippen LogP contribution is 2.39. The SMILES string of the molecule is OCCC1C[C@H]2CNC[C@H]2C1. The molecule has 2 aliphatic rings. The van der Waals surface area contributed by atoms with Gasteiger partial charge >= 0.3 is 0 Å². The average molecular weight is 155 g/mol. The molecule has 2 heteroatoms. The summed E-state index contributed by atoms with van der Waals surface area (Å²) >= 11 is 0. The summed E-state index contributed by atoms with van der Waals surface area (Å²) in [6.45, 7) is 2.84. The molecule has 0 bridgehead atoms. The van der Waals surface area contributed by atoms with E-state index in [4.69, 9.17) is 5.11 Å². The largest absolute Gasteiger partial charge is 0.396 e. The number of aliphatic hydroxyl groups excluding tert-OH is 1. The van der Waals surface area contributed by atoms with Gasteiger partial charge in [0, 0.05) is 6.61 Å². The van der Waals surface area contributed by atoms with E-state index in [1.54, 1.807) is 0 Å². The molecule has 0 aromatic carbocycles. The number of hydrogen-bond acceptors (Lipinski definition) is 2. The van der Waals surface area contributed by atoms with Gasteiger partial charge in [-0.1, -0.05) is 0 Å².